The lowest BCUT2D eigenvalue weighted by atomic mass is 10.2. The normalized spacial score (nSPS) is 14.5. The van der Waals surface area contributed by atoms with Gasteiger partial charge in [-0.05, 0) is 25.8 Å². The summed E-state index contributed by atoms with van der Waals surface area (Å²) >= 11 is 0. The third kappa shape index (κ3) is 2.99. The number of ether oxygens (including phenoxy) is 1. The first kappa shape index (κ1) is 13.1. The molecule has 3 rings (SSSR count). The molecule has 0 bridgehead atoms. The third-order valence-corrected chi connectivity index (χ3v) is 3.36. The molecule has 0 aliphatic heterocycles. The van der Waals surface area contributed by atoms with Crippen molar-refractivity contribution < 1.29 is 9.13 Å². The maximum atomic E-state index is 14.0. The average molecular weight is 275 g/mol. The molecule has 2 aromatic rings. The van der Waals surface area contributed by atoms with E-state index in [0.29, 0.717) is 18.3 Å². The second kappa shape index (κ2) is 5.63. The molecule has 1 aliphatic carbocycles. The Morgan fingerprint density at radius 1 is 1.45 bits per heavy atom. The zero-order chi connectivity index (χ0) is 13.9. The molecular formula is C15H18FN3O. The Kier molecular flexibility index (Phi) is 3.69. The fourth-order valence-corrected chi connectivity index (χ4v) is 2.04. The number of nitrogens with one attached hydrogen (secondary N) is 1. The topological polar surface area (TPSA) is 39.1 Å². The van der Waals surface area contributed by atoms with Crippen LogP contribution in [0.4, 0.5) is 4.39 Å². The average Bonchev–Trinajstić information content (AvgIpc) is 3.17. The highest BCUT2D eigenvalue weighted by Crippen LogP contribution is 2.29. The molecule has 0 amide bonds. The molecule has 0 unspecified atom stereocenters. The van der Waals surface area contributed by atoms with Crippen molar-refractivity contribution in [2.24, 2.45) is 0 Å². The van der Waals surface area contributed by atoms with Crippen LogP contribution in [0.2, 0.25) is 0 Å². The summed E-state index contributed by atoms with van der Waals surface area (Å²) in [7, 11) is 0. The van der Waals surface area contributed by atoms with Gasteiger partial charge < -0.3 is 10.1 Å². The van der Waals surface area contributed by atoms with Crippen LogP contribution in [0.5, 0.6) is 11.5 Å². The van der Waals surface area contributed by atoms with Crippen LogP contribution >= 0.6 is 0 Å². The van der Waals surface area contributed by atoms with Gasteiger partial charge in [-0.2, -0.15) is 5.10 Å². The van der Waals surface area contributed by atoms with Crippen LogP contribution in [0, 0.1) is 5.82 Å². The highest BCUT2D eigenvalue weighted by molar-refractivity contribution is 5.38. The first-order valence-electron chi connectivity index (χ1n) is 6.97. The maximum Gasteiger partial charge on any atom is 0.167 e. The van der Waals surface area contributed by atoms with Gasteiger partial charge in [-0.1, -0.05) is 12.1 Å². The number of rotatable bonds is 6. The molecule has 0 radical (unpaired) electrons. The molecule has 106 valence electrons. The Balaban J connectivity index is 1.78. The molecule has 1 heterocycles. The monoisotopic (exact) mass is 275 g/mol. The van der Waals surface area contributed by atoms with Gasteiger partial charge in [0.1, 0.15) is 0 Å². The van der Waals surface area contributed by atoms with Crippen LogP contribution in [-0.4, -0.2) is 15.8 Å². The van der Waals surface area contributed by atoms with E-state index in [9.17, 15) is 4.39 Å². The summed E-state index contributed by atoms with van der Waals surface area (Å²) in [5.41, 5.74) is 0.834. The molecule has 1 N–H and O–H groups in total. The Labute approximate surface area is 117 Å². The van der Waals surface area contributed by atoms with E-state index in [1.54, 1.807) is 23.1 Å². The van der Waals surface area contributed by atoms with Crippen molar-refractivity contribution in [3.63, 3.8) is 0 Å². The van der Waals surface area contributed by atoms with Crippen LogP contribution in [-0.2, 0) is 13.1 Å². The van der Waals surface area contributed by atoms with Gasteiger partial charge in [-0.25, -0.2) is 4.39 Å². The van der Waals surface area contributed by atoms with E-state index in [1.807, 2.05) is 13.0 Å². The highest BCUT2D eigenvalue weighted by Gasteiger charge is 2.21. The minimum atomic E-state index is -0.343. The van der Waals surface area contributed by atoms with Crippen molar-refractivity contribution in [1.29, 1.82) is 0 Å². The molecule has 20 heavy (non-hydrogen) atoms. The highest BCUT2D eigenvalue weighted by atomic mass is 19.1. The van der Waals surface area contributed by atoms with Gasteiger partial charge in [0.15, 0.2) is 17.3 Å². The van der Waals surface area contributed by atoms with Gasteiger partial charge in [0.25, 0.3) is 0 Å². The summed E-state index contributed by atoms with van der Waals surface area (Å²) in [6.45, 7) is 3.38. The Morgan fingerprint density at radius 2 is 2.30 bits per heavy atom. The molecule has 0 spiro atoms. The molecule has 1 aliphatic rings. The maximum absolute atomic E-state index is 14.0. The zero-order valence-electron chi connectivity index (χ0n) is 11.5. The number of hydrogen-bond donors (Lipinski definition) is 1. The van der Waals surface area contributed by atoms with Gasteiger partial charge in [-0.15, -0.1) is 0 Å². The van der Waals surface area contributed by atoms with Crippen LogP contribution in [0.3, 0.4) is 0 Å². The van der Waals surface area contributed by atoms with Crippen LogP contribution in [0.25, 0.3) is 0 Å². The molecular weight excluding hydrogens is 257 g/mol. The van der Waals surface area contributed by atoms with Crippen molar-refractivity contribution >= 4 is 0 Å². The molecule has 1 fully saturated rings. The molecule has 5 heteroatoms. The van der Waals surface area contributed by atoms with Crippen LogP contribution in [0.15, 0.2) is 30.6 Å². The van der Waals surface area contributed by atoms with Gasteiger partial charge in [0.2, 0.25) is 0 Å². The Hall–Kier alpha value is -1.88. The third-order valence-electron chi connectivity index (χ3n) is 3.36. The van der Waals surface area contributed by atoms with E-state index in [2.05, 4.69) is 10.4 Å². The predicted octanol–water partition coefficient (Wildman–Crippen LogP) is 3.09. The van der Waals surface area contributed by atoms with Crippen molar-refractivity contribution in [2.45, 2.75) is 38.9 Å². The number of para-hydroxylation sites is 1. The summed E-state index contributed by atoms with van der Waals surface area (Å²) < 4.78 is 21.4. The number of aromatic nitrogens is 2. The largest absolute Gasteiger partial charge is 0.451 e. The second-order valence-electron chi connectivity index (χ2n) is 5.02. The van der Waals surface area contributed by atoms with Gasteiger partial charge >= 0.3 is 0 Å². The lowest BCUT2D eigenvalue weighted by molar-refractivity contribution is 0.432. The van der Waals surface area contributed by atoms with E-state index in [-0.39, 0.29) is 11.6 Å². The first-order valence-corrected chi connectivity index (χ1v) is 6.97. The van der Waals surface area contributed by atoms with Gasteiger partial charge in [-0.3, -0.25) is 4.68 Å². The summed E-state index contributed by atoms with van der Waals surface area (Å²) in [4.78, 5) is 0. The summed E-state index contributed by atoms with van der Waals surface area (Å²) in [5, 5.41) is 7.50. The minimum absolute atomic E-state index is 0.288. The number of hydrogen-bond acceptors (Lipinski definition) is 3. The van der Waals surface area contributed by atoms with E-state index in [1.165, 1.54) is 18.9 Å². The van der Waals surface area contributed by atoms with E-state index >= 15 is 0 Å². The minimum Gasteiger partial charge on any atom is -0.451 e. The van der Waals surface area contributed by atoms with Gasteiger partial charge in [0.05, 0.1) is 12.4 Å². The quantitative estimate of drug-likeness (QED) is 0.880. The number of nitrogens with zero attached hydrogens (tertiary/aromatic N) is 2. The van der Waals surface area contributed by atoms with Crippen molar-refractivity contribution in [2.75, 3.05) is 0 Å². The van der Waals surface area contributed by atoms with E-state index in [0.717, 1.165) is 12.1 Å². The number of aryl methyl sites for hydroxylation is 1. The van der Waals surface area contributed by atoms with Crippen molar-refractivity contribution in [1.82, 2.24) is 15.1 Å². The molecule has 0 atom stereocenters. The lowest BCUT2D eigenvalue weighted by Gasteiger charge is -2.11. The summed E-state index contributed by atoms with van der Waals surface area (Å²) in [6.07, 6.45) is 5.78. The molecule has 0 saturated heterocycles. The lowest BCUT2D eigenvalue weighted by Crippen LogP contribution is -2.16. The second-order valence-corrected chi connectivity index (χ2v) is 5.02. The zero-order valence-corrected chi connectivity index (χ0v) is 11.5. The number of halogens is 1. The van der Waals surface area contributed by atoms with Gasteiger partial charge in [0, 0.05) is 24.7 Å². The SMILES string of the molecule is CCn1cc(Oc2c(F)cccc2CNC2CC2)cn1. The van der Waals surface area contributed by atoms with Crippen molar-refractivity contribution in [3.05, 3.63) is 42.0 Å². The molecule has 1 saturated carbocycles. The molecule has 4 nitrogen and oxygen atoms in total. The van der Waals surface area contributed by atoms with E-state index in [4.69, 9.17) is 4.74 Å². The summed E-state index contributed by atoms with van der Waals surface area (Å²) in [6, 6.07) is 5.59. The fourth-order valence-electron chi connectivity index (χ4n) is 2.04. The Morgan fingerprint density at radius 3 is 3.00 bits per heavy atom. The fraction of sp³-hybridized carbons (Fsp3) is 0.400. The summed E-state index contributed by atoms with van der Waals surface area (Å²) in [5.74, 6) is 0.505. The predicted molar refractivity (Wildman–Crippen MR) is 74.2 cm³/mol. The molecule has 1 aromatic heterocycles. The number of benzene rings is 1. The standard InChI is InChI=1S/C15H18FN3O/c1-2-19-10-13(9-18-19)20-15-11(4-3-5-14(15)16)8-17-12-6-7-12/h3-5,9-10,12,17H,2,6-8H2,1H3. The van der Waals surface area contributed by atoms with Crippen molar-refractivity contribution in [3.8, 4) is 11.5 Å². The first-order chi connectivity index (χ1) is 9.76. The smallest absolute Gasteiger partial charge is 0.167 e. The van der Waals surface area contributed by atoms with Crippen LogP contribution < -0.4 is 10.1 Å². The molecule has 1 aromatic carbocycles. The van der Waals surface area contributed by atoms with Crippen LogP contribution in [0.1, 0.15) is 25.3 Å². The van der Waals surface area contributed by atoms with E-state index < -0.39 is 0 Å². The Bertz CT molecular complexity index is 593.